The molecular formula is C20H22N6O3S. The Labute approximate surface area is 174 Å². The fourth-order valence-corrected chi connectivity index (χ4v) is 3.79. The Bertz CT molecular complexity index is 1240. The van der Waals surface area contributed by atoms with Gasteiger partial charge in [-0.15, -0.1) is 0 Å². The third-order valence-corrected chi connectivity index (χ3v) is 5.85. The summed E-state index contributed by atoms with van der Waals surface area (Å²) in [5.74, 6) is -0.0896. The lowest BCUT2D eigenvalue weighted by molar-refractivity contribution is -0.121. The zero-order valence-electron chi connectivity index (χ0n) is 16.7. The van der Waals surface area contributed by atoms with Gasteiger partial charge in [-0.05, 0) is 49.9 Å². The van der Waals surface area contributed by atoms with Crippen LogP contribution in [-0.2, 0) is 27.7 Å². The highest BCUT2D eigenvalue weighted by molar-refractivity contribution is 7.89. The van der Waals surface area contributed by atoms with Gasteiger partial charge >= 0.3 is 0 Å². The van der Waals surface area contributed by atoms with E-state index >= 15 is 0 Å². The molecule has 1 aromatic carbocycles. The Balaban J connectivity index is 1.56. The smallest absolute Gasteiger partial charge is 0.238 e. The van der Waals surface area contributed by atoms with Gasteiger partial charge in [0.1, 0.15) is 11.6 Å². The number of fused-ring (bicyclic) bond motifs is 1. The van der Waals surface area contributed by atoms with Crippen LogP contribution in [0.15, 0.2) is 35.4 Å². The molecule has 0 bridgehead atoms. The summed E-state index contributed by atoms with van der Waals surface area (Å²) < 4.78 is 24.2. The van der Waals surface area contributed by atoms with Crippen molar-refractivity contribution >= 4 is 21.6 Å². The van der Waals surface area contributed by atoms with Crippen LogP contribution in [0.4, 0.5) is 0 Å². The predicted octanol–water partition coefficient (Wildman–Crippen LogP) is 1.16. The molecule has 0 spiro atoms. The number of nitrogens with one attached hydrogen (secondary N) is 1. The molecule has 2 heterocycles. The van der Waals surface area contributed by atoms with Gasteiger partial charge in [0.2, 0.25) is 15.9 Å². The fraction of sp³-hybridized carbons (Fsp3) is 0.300. The molecule has 156 valence electrons. The maximum Gasteiger partial charge on any atom is 0.238 e. The number of aryl methyl sites for hydroxylation is 2. The van der Waals surface area contributed by atoms with Crippen LogP contribution in [0.2, 0.25) is 0 Å². The molecule has 0 saturated carbocycles. The molecule has 3 aromatic rings. The Morgan fingerprint density at radius 3 is 2.57 bits per heavy atom. The van der Waals surface area contributed by atoms with Crippen LogP contribution in [0.1, 0.15) is 34.5 Å². The number of sulfonamides is 1. The van der Waals surface area contributed by atoms with E-state index in [1.165, 1.54) is 18.3 Å². The normalized spacial score (nSPS) is 11.4. The minimum atomic E-state index is -3.71. The maximum atomic E-state index is 12.2. The van der Waals surface area contributed by atoms with E-state index in [0.717, 1.165) is 22.5 Å². The number of benzene rings is 1. The zero-order valence-corrected chi connectivity index (χ0v) is 17.5. The van der Waals surface area contributed by atoms with Crippen molar-refractivity contribution in [3.63, 3.8) is 0 Å². The fourth-order valence-electron chi connectivity index (χ4n) is 3.27. The Morgan fingerprint density at radius 2 is 1.93 bits per heavy atom. The monoisotopic (exact) mass is 426 g/mol. The van der Waals surface area contributed by atoms with Crippen molar-refractivity contribution in [2.75, 3.05) is 6.54 Å². The Morgan fingerprint density at radius 1 is 1.23 bits per heavy atom. The second kappa shape index (κ2) is 8.61. The first-order chi connectivity index (χ1) is 14.2. The van der Waals surface area contributed by atoms with Gasteiger partial charge in [-0.3, -0.25) is 4.79 Å². The van der Waals surface area contributed by atoms with Crippen LogP contribution in [0.5, 0.6) is 0 Å². The van der Waals surface area contributed by atoms with E-state index in [9.17, 15) is 13.2 Å². The highest BCUT2D eigenvalue weighted by Gasteiger charge is 2.14. The van der Waals surface area contributed by atoms with Crippen LogP contribution < -0.4 is 10.5 Å². The molecule has 0 aliphatic rings. The quantitative estimate of drug-likeness (QED) is 0.580. The van der Waals surface area contributed by atoms with E-state index in [-0.39, 0.29) is 10.8 Å². The molecule has 3 rings (SSSR count). The molecule has 0 unspecified atom stereocenters. The number of amides is 1. The van der Waals surface area contributed by atoms with Gasteiger partial charge in [-0.2, -0.15) is 10.4 Å². The topological polar surface area (TPSA) is 143 Å². The van der Waals surface area contributed by atoms with Gasteiger partial charge in [-0.1, -0.05) is 12.1 Å². The summed E-state index contributed by atoms with van der Waals surface area (Å²) in [5, 5.41) is 21.3. The molecule has 0 radical (unpaired) electrons. The van der Waals surface area contributed by atoms with Crippen LogP contribution in [0.25, 0.3) is 5.65 Å². The maximum absolute atomic E-state index is 12.2. The minimum Gasteiger partial charge on any atom is -0.356 e. The van der Waals surface area contributed by atoms with Crippen LogP contribution in [-0.4, -0.2) is 35.5 Å². The lowest BCUT2D eigenvalue weighted by atomic mass is 10.1. The third kappa shape index (κ3) is 4.64. The summed E-state index contributed by atoms with van der Waals surface area (Å²) in [6, 6.07) is 8.34. The van der Waals surface area contributed by atoms with Gasteiger partial charge in [0.25, 0.3) is 0 Å². The number of carbonyl (C=O) groups is 1. The van der Waals surface area contributed by atoms with Crippen molar-refractivity contribution in [1.82, 2.24) is 19.9 Å². The summed E-state index contributed by atoms with van der Waals surface area (Å²) >= 11 is 0. The van der Waals surface area contributed by atoms with E-state index in [2.05, 4.69) is 21.5 Å². The minimum absolute atomic E-state index is 0.0608. The van der Waals surface area contributed by atoms with E-state index in [4.69, 9.17) is 10.4 Å². The number of nitrogens with two attached hydrogens (primary N) is 1. The third-order valence-electron chi connectivity index (χ3n) is 4.92. The number of hydrogen-bond donors (Lipinski definition) is 2. The predicted molar refractivity (Wildman–Crippen MR) is 110 cm³/mol. The van der Waals surface area contributed by atoms with Gasteiger partial charge in [-0.25, -0.2) is 23.1 Å². The molecule has 0 aliphatic heterocycles. The van der Waals surface area contributed by atoms with Crippen LogP contribution in [0.3, 0.4) is 0 Å². The van der Waals surface area contributed by atoms with Crippen molar-refractivity contribution in [3.8, 4) is 6.07 Å². The molecule has 0 fully saturated rings. The average Bonchev–Trinajstić information content (AvgIpc) is 3.10. The first-order valence-electron chi connectivity index (χ1n) is 9.33. The molecule has 0 saturated heterocycles. The number of carbonyl (C=O) groups excluding carboxylic acids is 1. The number of nitrogens with zero attached hydrogens (tertiary/aromatic N) is 4. The van der Waals surface area contributed by atoms with Crippen molar-refractivity contribution in [1.29, 1.82) is 5.26 Å². The molecule has 2 aromatic heterocycles. The highest BCUT2D eigenvalue weighted by Crippen LogP contribution is 2.18. The van der Waals surface area contributed by atoms with Crippen LogP contribution in [0, 0.1) is 25.2 Å². The van der Waals surface area contributed by atoms with E-state index in [1.54, 1.807) is 16.6 Å². The number of hydrogen-bond acceptors (Lipinski definition) is 6. The van der Waals surface area contributed by atoms with Crippen molar-refractivity contribution in [3.05, 3.63) is 58.5 Å². The molecule has 3 N–H and O–H groups in total. The number of rotatable bonds is 7. The highest BCUT2D eigenvalue weighted by atomic mass is 32.2. The lowest BCUT2D eigenvalue weighted by Crippen LogP contribution is -2.26. The lowest BCUT2D eigenvalue weighted by Gasteiger charge is -2.11. The van der Waals surface area contributed by atoms with Gasteiger partial charge in [0.15, 0.2) is 5.65 Å². The molecule has 9 nitrogen and oxygen atoms in total. The zero-order chi connectivity index (χ0) is 21.9. The molecular weight excluding hydrogens is 404 g/mol. The second-order valence-corrected chi connectivity index (χ2v) is 8.52. The summed E-state index contributed by atoms with van der Waals surface area (Å²) in [4.78, 5) is 16.8. The van der Waals surface area contributed by atoms with Crippen molar-refractivity contribution < 1.29 is 13.2 Å². The number of aromatic nitrogens is 3. The molecule has 30 heavy (non-hydrogen) atoms. The molecule has 0 aliphatic carbocycles. The molecule has 1 amide bonds. The Kier molecular flexibility index (Phi) is 6.14. The summed E-state index contributed by atoms with van der Waals surface area (Å²) in [6.07, 6.45) is 2.87. The molecule has 10 heteroatoms. The standard InChI is InChI=1S/C20H22N6O3S/c1-13-18(14(2)26-20(25-13)16(11-21)12-24-26)7-8-19(27)23-10-9-15-3-5-17(6-4-15)30(22,28)29/h3-6,12H,7-10H2,1-2H3,(H,23,27)(H2,22,28,29). The van der Waals surface area contributed by atoms with Gasteiger partial charge < -0.3 is 5.32 Å². The van der Waals surface area contributed by atoms with Gasteiger partial charge in [0.05, 0.1) is 11.1 Å². The van der Waals surface area contributed by atoms with Gasteiger partial charge in [0, 0.05) is 24.4 Å². The average molecular weight is 427 g/mol. The van der Waals surface area contributed by atoms with E-state index < -0.39 is 10.0 Å². The van der Waals surface area contributed by atoms with E-state index in [1.807, 2.05) is 13.8 Å². The van der Waals surface area contributed by atoms with Crippen molar-refractivity contribution in [2.24, 2.45) is 5.14 Å². The number of nitriles is 1. The first-order valence-corrected chi connectivity index (χ1v) is 10.9. The van der Waals surface area contributed by atoms with E-state index in [0.29, 0.717) is 37.0 Å². The first kappa shape index (κ1) is 21.4. The summed E-state index contributed by atoms with van der Waals surface area (Å²) in [6.45, 7) is 4.20. The summed E-state index contributed by atoms with van der Waals surface area (Å²) in [7, 11) is -3.71. The number of primary sulfonamides is 1. The SMILES string of the molecule is Cc1nc2c(C#N)cnn2c(C)c1CCC(=O)NCCc1ccc(S(N)(=O)=O)cc1. The largest absolute Gasteiger partial charge is 0.356 e. The molecule has 0 atom stereocenters. The summed E-state index contributed by atoms with van der Waals surface area (Å²) in [5.41, 5.74) is 4.41. The van der Waals surface area contributed by atoms with Crippen LogP contribution >= 0.6 is 0 Å². The van der Waals surface area contributed by atoms with Crippen molar-refractivity contribution in [2.45, 2.75) is 38.0 Å². The second-order valence-electron chi connectivity index (χ2n) is 6.96. The Hall–Kier alpha value is -3.29.